The number of benzene rings is 2. The SMILES string of the molecule is CC1CN(C(=O)COC(=O)c2nn(Cc3ccccc3)c(=O)c3ccccc23)CCO1. The highest BCUT2D eigenvalue weighted by atomic mass is 16.5. The van der Waals surface area contributed by atoms with Gasteiger partial charge in [-0.1, -0.05) is 48.5 Å². The van der Waals surface area contributed by atoms with Crippen LogP contribution in [0.25, 0.3) is 10.8 Å². The number of ether oxygens (including phenoxy) is 2. The van der Waals surface area contributed by atoms with Crippen molar-refractivity contribution < 1.29 is 19.1 Å². The van der Waals surface area contributed by atoms with E-state index >= 15 is 0 Å². The fourth-order valence-corrected chi connectivity index (χ4v) is 3.58. The fourth-order valence-electron chi connectivity index (χ4n) is 3.58. The van der Waals surface area contributed by atoms with Crippen LogP contribution in [0.3, 0.4) is 0 Å². The van der Waals surface area contributed by atoms with Crippen LogP contribution in [0.1, 0.15) is 23.0 Å². The summed E-state index contributed by atoms with van der Waals surface area (Å²) in [6, 6.07) is 16.1. The molecular weight excluding hydrogens is 398 g/mol. The predicted octanol–water partition coefficient (Wildman–Crippen LogP) is 1.85. The minimum atomic E-state index is -0.743. The van der Waals surface area contributed by atoms with Crippen LogP contribution in [0.2, 0.25) is 0 Å². The molecule has 31 heavy (non-hydrogen) atoms. The Morgan fingerprint density at radius 2 is 1.81 bits per heavy atom. The van der Waals surface area contributed by atoms with E-state index in [9.17, 15) is 14.4 Å². The van der Waals surface area contributed by atoms with Gasteiger partial charge < -0.3 is 14.4 Å². The number of carbonyl (C=O) groups excluding carboxylic acids is 2. The van der Waals surface area contributed by atoms with Crippen LogP contribution in [-0.2, 0) is 20.8 Å². The van der Waals surface area contributed by atoms with Gasteiger partial charge in [0.1, 0.15) is 0 Å². The Kier molecular flexibility index (Phi) is 6.08. The zero-order chi connectivity index (χ0) is 21.8. The Morgan fingerprint density at radius 3 is 2.55 bits per heavy atom. The molecule has 0 saturated carbocycles. The van der Waals surface area contributed by atoms with Gasteiger partial charge in [-0.05, 0) is 18.6 Å². The standard InChI is InChI=1S/C23H23N3O5/c1-16-13-25(11-12-30-16)20(27)15-31-23(29)21-18-9-5-6-10-19(18)22(28)26(24-21)14-17-7-3-2-4-8-17/h2-10,16H,11-15H2,1H3. The largest absolute Gasteiger partial charge is 0.451 e. The molecule has 4 rings (SSSR count). The summed E-state index contributed by atoms with van der Waals surface area (Å²) < 4.78 is 12.0. The summed E-state index contributed by atoms with van der Waals surface area (Å²) in [5, 5.41) is 5.05. The first-order chi connectivity index (χ1) is 15.0. The summed E-state index contributed by atoms with van der Waals surface area (Å²) in [5.41, 5.74) is 0.590. The Hall–Kier alpha value is -3.52. The summed E-state index contributed by atoms with van der Waals surface area (Å²) >= 11 is 0. The number of morpholine rings is 1. The van der Waals surface area contributed by atoms with Gasteiger partial charge in [0.05, 0.1) is 24.6 Å². The van der Waals surface area contributed by atoms with Gasteiger partial charge in [-0.3, -0.25) is 9.59 Å². The molecule has 1 aliphatic heterocycles. The molecule has 1 aliphatic rings. The number of aromatic nitrogens is 2. The van der Waals surface area contributed by atoms with Crippen molar-refractivity contribution in [2.45, 2.75) is 19.6 Å². The van der Waals surface area contributed by atoms with E-state index in [1.54, 1.807) is 29.2 Å². The highest BCUT2D eigenvalue weighted by Crippen LogP contribution is 2.15. The second kappa shape index (κ2) is 9.09. The van der Waals surface area contributed by atoms with Crippen LogP contribution in [0.4, 0.5) is 0 Å². The molecule has 1 amide bonds. The number of fused-ring (bicyclic) bond motifs is 1. The molecule has 3 aromatic rings. The van der Waals surface area contributed by atoms with E-state index < -0.39 is 5.97 Å². The lowest BCUT2D eigenvalue weighted by molar-refractivity contribution is -0.141. The maximum Gasteiger partial charge on any atom is 0.359 e. The maximum atomic E-state index is 12.9. The number of hydrogen-bond acceptors (Lipinski definition) is 6. The number of carbonyl (C=O) groups is 2. The topological polar surface area (TPSA) is 90.7 Å². The van der Waals surface area contributed by atoms with Crippen molar-refractivity contribution >= 4 is 22.6 Å². The van der Waals surface area contributed by atoms with E-state index in [0.29, 0.717) is 30.5 Å². The van der Waals surface area contributed by atoms with E-state index in [1.807, 2.05) is 37.3 Å². The van der Waals surface area contributed by atoms with E-state index in [-0.39, 0.29) is 36.4 Å². The lowest BCUT2D eigenvalue weighted by Gasteiger charge is -2.30. The molecule has 2 heterocycles. The van der Waals surface area contributed by atoms with Crippen molar-refractivity contribution in [3.8, 4) is 0 Å². The van der Waals surface area contributed by atoms with Gasteiger partial charge in [-0.2, -0.15) is 5.10 Å². The maximum absolute atomic E-state index is 12.9. The third-order valence-electron chi connectivity index (χ3n) is 5.16. The van der Waals surface area contributed by atoms with Crippen LogP contribution in [0.15, 0.2) is 59.4 Å². The van der Waals surface area contributed by atoms with Gasteiger partial charge in [0.25, 0.3) is 11.5 Å². The van der Waals surface area contributed by atoms with Gasteiger partial charge >= 0.3 is 5.97 Å². The van der Waals surface area contributed by atoms with Crippen LogP contribution < -0.4 is 5.56 Å². The first-order valence-electron chi connectivity index (χ1n) is 10.1. The molecule has 8 nitrogen and oxygen atoms in total. The minimum absolute atomic E-state index is 0.00859. The molecule has 0 bridgehead atoms. The van der Waals surface area contributed by atoms with E-state index in [4.69, 9.17) is 9.47 Å². The van der Waals surface area contributed by atoms with E-state index in [2.05, 4.69) is 5.10 Å². The van der Waals surface area contributed by atoms with Crippen LogP contribution in [0.5, 0.6) is 0 Å². The first-order valence-corrected chi connectivity index (χ1v) is 10.1. The molecule has 2 aromatic carbocycles. The smallest absolute Gasteiger partial charge is 0.359 e. The number of hydrogen-bond donors (Lipinski definition) is 0. The molecule has 1 aromatic heterocycles. The second-order valence-electron chi connectivity index (χ2n) is 7.44. The lowest BCUT2D eigenvalue weighted by Crippen LogP contribution is -2.46. The molecule has 1 saturated heterocycles. The molecule has 160 valence electrons. The molecule has 0 aliphatic carbocycles. The summed E-state index contributed by atoms with van der Waals surface area (Å²) in [5.74, 6) is -1.03. The van der Waals surface area contributed by atoms with Crippen molar-refractivity contribution in [1.29, 1.82) is 0 Å². The predicted molar refractivity (Wildman–Crippen MR) is 114 cm³/mol. The monoisotopic (exact) mass is 421 g/mol. The van der Waals surface area contributed by atoms with Gasteiger partial charge in [-0.25, -0.2) is 9.48 Å². The molecule has 1 atom stereocenters. The molecule has 0 spiro atoms. The van der Waals surface area contributed by atoms with Crippen LogP contribution in [-0.4, -0.2) is 59.0 Å². The molecule has 0 radical (unpaired) electrons. The molecule has 0 N–H and O–H groups in total. The average molecular weight is 421 g/mol. The number of nitrogens with zero attached hydrogens (tertiary/aromatic N) is 3. The molecule has 8 heteroatoms. The summed E-state index contributed by atoms with van der Waals surface area (Å²) in [4.78, 5) is 39.8. The zero-order valence-corrected chi connectivity index (χ0v) is 17.2. The summed E-state index contributed by atoms with van der Waals surface area (Å²) in [6.07, 6.45) is -0.0550. The zero-order valence-electron chi connectivity index (χ0n) is 17.2. The second-order valence-corrected chi connectivity index (χ2v) is 7.44. The average Bonchev–Trinajstić information content (AvgIpc) is 2.80. The van der Waals surface area contributed by atoms with Crippen molar-refractivity contribution in [1.82, 2.24) is 14.7 Å². The summed E-state index contributed by atoms with van der Waals surface area (Å²) in [7, 11) is 0. The number of esters is 1. The minimum Gasteiger partial charge on any atom is -0.451 e. The van der Waals surface area contributed by atoms with Crippen molar-refractivity contribution in [3.63, 3.8) is 0 Å². The van der Waals surface area contributed by atoms with Gasteiger partial charge in [0.15, 0.2) is 12.3 Å². The van der Waals surface area contributed by atoms with Gasteiger partial charge in [-0.15, -0.1) is 0 Å². The highest BCUT2D eigenvalue weighted by Gasteiger charge is 2.24. The van der Waals surface area contributed by atoms with Crippen molar-refractivity contribution in [3.05, 3.63) is 76.2 Å². The normalized spacial score (nSPS) is 16.3. The van der Waals surface area contributed by atoms with Gasteiger partial charge in [0, 0.05) is 18.5 Å². The first kappa shape index (κ1) is 20.7. The van der Waals surface area contributed by atoms with Crippen molar-refractivity contribution in [2.75, 3.05) is 26.3 Å². The summed E-state index contributed by atoms with van der Waals surface area (Å²) in [6.45, 7) is 3.09. The molecule has 1 unspecified atom stereocenters. The Labute approximate surface area is 179 Å². The number of amides is 1. The molecule has 1 fully saturated rings. The van der Waals surface area contributed by atoms with Crippen LogP contribution >= 0.6 is 0 Å². The Morgan fingerprint density at radius 1 is 1.10 bits per heavy atom. The quantitative estimate of drug-likeness (QED) is 0.584. The molecular formula is C23H23N3O5. The van der Waals surface area contributed by atoms with E-state index in [1.165, 1.54) is 4.68 Å². The lowest BCUT2D eigenvalue weighted by atomic mass is 10.1. The third-order valence-corrected chi connectivity index (χ3v) is 5.16. The van der Waals surface area contributed by atoms with Gasteiger partial charge in [0.2, 0.25) is 0 Å². The van der Waals surface area contributed by atoms with Crippen molar-refractivity contribution in [2.24, 2.45) is 0 Å². The number of rotatable bonds is 5. The Balaban J connectivity index is 1.58. The van der Waals surface area contributed by atoms with Crippen LogP contribution in [0, 0.1) is 0 Å². The Bertz CT molecular complexity index is 1160. The third kappa shape index (κ3) is 4.64. The van der Waals surface area contributed by atoms with E-state index in [0.717, 1.165) is 5.56 Å². The fraction of sp³-hybridized carbons (Fsp3) is 0.304. The highest BCUT2D eigenvalue weighted by molar-refractivity contribution is 6.02.